The number of hydrogen-bond acceptors (Lipinski definition) is 12. The first-order valence-corrected chi connectivity index (χ1v) is 18.1. The van der Waals surface area contributed by atoms with Crippen LogP contribution in [0.2, 0.25) is 0 Å². The molecule has 0 saturated heterocycles. The predicted molar refractivity (Wildman–Crippen MR) is 209 cm³/mol. The van der Waals surface area contributed by atoms with E-state index >= 15 is 0 Å². The fourth-order valence-electron chi connectivity index (χ4n) is 8.43. The van der Waals surface area contributed by atoms with Gasteiger partial charge in [-0.2, -0.15) is 0 Å². The van der Waals surface area contributed by atoms with Gasteiger partial charge in [0.2, 0.25) is 13.6 Å². The molecule has 6 heterocycles. The molecule has 10 rings (SSSR count). The van der Waals surface area contributed by atoms with Crippen LogP contribution in [-0.4, -0.2) is 68.1 Å². The van der Waals surface area contributed by atoms with Crippen LogP contribution in [0.25, 0.3) is 44.1 Å². The summed E-state index contributed by atoms with van der Waals surface area (Å²) in [7, 11) is 5.85. The average Bonchev–Trinajstić information content (AvgIpc) is 3.90. The number of nitrogens with zero attached hydrogens (tertiary/aromatic N) is 2. The van der Waals surface area contributed by atoms with Crippen molar-refractivity contribution in [1.82, 2.24) is 9.13 Å². The molecule has 6 aromatic rings. The van der Waals surface area contributed by atoms with Gasteiger partial charge in [0.25, 0.3) is 17.0 Å². The Balaban J connectivity index is 0.000000150. The zero-order chi connectivity index (χ0) is 40.6. The number of ether oxygens (including phenoxy) is 8. The third kappa shape index (κ3) is 5.28. The normalized spacial score (nSPS) is 13.7. The summed E-state index contributed by atoms with van der Waals surface area (Å²) in [6.45, 7) is 1.00. The van der Waals surface area contributed by atoms with Crippen molar-refractivity contribution in [3.8, 4) is 68.5 Å². The summed E-state index contributed by atoms with van der Waals surface area (Å²) in [6, 6.07) is 13.8. The van der Waals surface area contributed by atoms with Crippen molar-refractivity contribution in [2.24, 2.45) is 5.73 Å². The number of pyridine rings is 2. The zero-order valence-corrected chi connectivity index (χ0v) is 31.7. The quantitative estimate of drug-likeness (QED) is 0.235. The number of carbonyl (C=O) groups is 2. The molecule has 0 bridgehead atoms. The van der Waals surface area contributed by atoms with Crippen LogP contribution in [0, 0.1) is 0 Å². The summed E-state index contributed by atoms with van der Waals surface area (Å²) < 4.78 is 46.5. The Bertz CT molecular complexity index is 2720. The lowest BCUT2D eigenvalue weighted by Gasteiger charge is -2.26. The largest absolute Gasteiger partial charge is 0.493 e. The zero-order valence-electron chi connectivity index (χ0n) is 31.7. The first-order valence-electron chi connectivity index (χ1n) is 18.1. The molecule has 0 fully saturated rings. The summed E-state index contributed by atoms with van der Waals surface area (Å²) in [6.07, 6.45) is 1.17. The third-order valence-electron chi connectivity index (χ3n) is 10.9. The van der Waals surface area contributed by atoms with Crippen LogP contribution >= 0.6 is 0 Å². The number of fused-ring (bicyclic) bond motifs is 10. The number of aryl methyl sites for hydroxylation is 2. The third-order valence-corrected chi connectivity index (χ3v) is 10.9. The molecular formula is C42H35N3O13. The van der Waals surface area contributed by atoms with Crippen molar-refractivity contribution in [2.45, 2.75) is 25.9 Å². The first kappa shape index (κ1) is 36.3. The van der Waals surface area contributed by atoms with E-state index in [9.17, 15) is 24.3 Å². The molecule has 1 amide bonds. The standard InChI is InChI=1S/C21H18N2O6.C21H17NO7/c1-26-13-4-3-11-16(20(22)24)18-12-8-15-14(28-9-29-15)7-10(12)5-6-23(18)21(25)17(11)19(13)27-2;1-26-13-4-3-11-16(21(24)25)18-12-8-15-14(28-9-29-15)7-10(12)5-6-22(18)20(23)17(11)19(13)27-2/h3-4,7-8H,5-6,9H2,1-2H3,(H2,22,24);3-4,7-8H,5-6,9H2,1-2H3,(H,24,25). The van der Waals surface area contributed by atoms with Gasteiger partial charge in [-0.1, -0.05) is 0 Å². The van der Waals surface area contributed by atoms with Crippen LogP contribution in [0.15, 0.2) is 58.1 Å². The topological polar surface area (TPSA) is 198 Å². The van der Waals surface area contributed by atoms with E-state index in [-0.39, 0.29) is 58.1 Å². The fraction of sp³-hybridized carbons (Fsp3) is 0.238. The number of carbonyl (C=O) groups excluding carboxylic acids is 1. The van der Waals surface area contributed by atoms with E-state index in [1.807, 2.05) is 12.1 Å². The predicted octanol–water partition coefficient (Wildman–Crippen LogP) is 4.74. The lowest BCUT2D eigenvalue weighted by atomic mass is 9.90. The molecule has 2 aromatic heterocycles. The Labute approximate surface area is 328 Å². The molecule has 0 saturated carbocycles. The Morgan fingerprint density at radius 3 is 1.43 bits per heavy atom. The van der Waals surface area contributed by atoms with Crippen molar-refractivity contribution in [3.63, 3.8) is 0 Å². The maximum atomic E-state index is 13.5. The number of rotatable bonds is 6. The Hall–Kier alpha value is -7.36. The number of hydrogen-bond donors (Lipinski definition) is 2. The average molecular weight is 790 g/mol. The number of aromatic carboxylic acids is 1. The van der Waals surface area contributed by atoms with Gasteiger partial charge in [0, 0.05) is 35.0 Å². The number of nitrogens with two attached hydrogens (primary N) is 1. The van der Waals surface area contributed by atoms with Gasteiger partial charge in [0.05, 0.1) is 61.7 Å². The lowest BCUT2D eigenvalue weighted by molar-refractivity contribution is 0.0698. The van der Waals surface area contributed by atoms with Gasteiger partial charge in [-0.3, -0.25) is 14.4 Å². The maximum absolute atomic E-state index is 13.5. The second kappa shape index (κ2) is 13.7. The Morgan fingerprint density at radius 2 is 1.03 bits per heavy atom. The molecule has 0 radical (unpaired) electrons. The SMILES string of the molecule is COc1ccc2c(C(=O)O)c3n(c(=O)c2c1OC)CCc1cc2c(cc1-3)OCO2.COc1ccc2c(C(N)=O)c3n(c(=O)c2c1OC)CCc1cc2c(cc1-3)OCO2. The van der Waals surface area contributed by atoms with Gasteiger partial charge in [-0.25, -0.2) is 4.79 Å². The summed E-state index contributed by atoms with van der Waals surface area (Å²) in [5.41, 5.74) is 9.65. The molecule has 16 heteroatoms. The van der Waals surface area contributed by atoms with E-state index in [1.165, 1.54) is 33.0 Å². The van der Waals surface area contributed by atoms with Crippen LogP contribution < -0.4 is 54.7 Å². The molecule has 296 valence electrons. The van der Waals surface area contributed by atoms with E-state index in [4.69, 9.17) is 43.6 Å². The molecule has 58 heavy (non-hydrogen) atoms. The first-order chi connectivity index (χ1) is 28.1. The highest BCUT2D eigenvalue weighted by Gasteiger charge is 2.33. The van der Waals surface area contributed by atoms with E-state index in [2.05, 4.69) is 0 Å². The lowest BCUT2D eigenvalue weighted by Crippen LogP contribution is -2.30. The van der Waals surface area contributed by atoms with Gasteiger partial charge >= 0.3 is 5.97 Å². The number of aromatic nitrogens is 2. The van der Waals surface area contributed by atoms with Crippen LogP contribution in [-0.2, 0) is 25.9 Å². The Morgan fingerprint density at radius 1 is 0.621 bits per heavy atom. The van der Waals surface area contributed by atoms with Crippen molar-refractivity contribution < 1.29 is 52.6 Å². The fourth-order valence-corrected chi connectivity index (χ4v) is 8.43. The van der Waals surface area contributed by atoms with Crippen molar-refractivity contribution in [3.05, 3.63) is 91.5 Å². The van der Waals surface area contributed by atoms with Gasteiger partial charge in [-0.05, 0) is 72.5 Å². The van der Waals surface area contributed by atoms with Gasteiger partial charge in [-0.15, -0.1) is 0 Å². The van der Waals surface area contributed by atoms with E-state index in [0.29, 0.717) is 88.2 Å². The minimum Gasteiger partial charge on any atom is -0.493 e. The van der Waals surface area contributed by atoms with E-state index < -0.39 is 11.9 Å². The minimum atomic E-state index is -1.13. The number of carboxylic acid groups (broad SMARTS) is 1. The van der Waals surface area contributed by atoms with Crippen molar-refractivity contribution in [1.29, 1.82) is 0 Å². The number of benzene rings is 4. The van der Waals surface area contributed by atoms with Crippen LogP contribution in [0.3, 0.4) is 0 Å². The van der Waals surface area contributed by atoms with Gasteiger partial charge in [0.1, 0.15) is 0 Å². The van der Waals surface area contributed by atoms with E-state index in [1.54, 1.807) is 41.0 Å². The molecule has 16 nitrogen and oxygen atoms in total. The second-order valence-electron chi connectivity index (χ2n) is 13.7. The molecule has 0 aliphatic carbocycles. The summed E-state index contributed by atoms with van der Waals surface area (Å²) in [4.78, 5) is 51.8. The number of methoxy groups -OCH3 is 4. The molecular weight excluding hydrogens is 754 g/mol. The molecule has 4 aliphatic heterocycles. The summed E-state index contributed by atoms with van der Waals surface area (Å²) in [5.74, 6) is 1.93. The highest BCUT2D eigenvalue weighted by Crippen LogP contribution is 2.46. The molecule has 0 spiro atoms. The number of primary amides is 1. The summed E-state index contributed by atoms with van der Waals surface area (Å²) in [5, 5.41) is 11.3. The molecule has 0 atom stereocenters. The molecule has 4 aromatic carbocycles. The van der Waals surface area contributed by atoms with Crippen LogP contribution in [0.4, 0.5) is 0 Å². The molecule has 0 unspecified atom stereocenters. The van der Waals surface area contributed by atoms with Gasteiger partial charge in [0.15, 0.2) is 46.0 Å². The smallest absolute Gasteiger partial charge is 0.338 e. The monoisotopic (exact) mass is 789 g/mol. The maximum Gasteiger partial charge on any atom is 0.338 e. The minimum absolute atomic E-state index is 0.0420. The molecule has 4 aliphatic rings. The van der Waals surface area contributed by atoms with E-state index in [0.717, 1.165) is 16.7 Å². The Kier molecular flexibility index (Phi) is 8.56. The number of carboxylic acids is 1. The highest BCUT2D eigenvalue weighted by molar-refractivity contribution is 6.13. The number of amides is 1. The van der Waals surface area contributed by atoms with Gasteiger partial charge < -0.3 is 57.9 Å². The van der Waals surface area contributed by atoms with Crippen LogP contribution in [0.5, 0.6) is 46.0 Å². The van der Waals surface area contributed by atoms with Crippen molar-refractivity contribution in [2.75, 3.05) is 42.0 Å². The van der Waals surface area contributed by atoms with Crippen molar-refractivity contribution >= 4 is 33.4 Å². The van der Waals surface area contributed by atoms with Crippen LogP contribution in [0.1, 0.15) is 31.8 Å². The second-order valence-corrected chi connectivity index (χ2v) is 13.7. The molecule has 3 N–H and O–H groups in total. The highest BCUT2D eigenvalue weighted by atomic mass is 16.7. The summed E-state index contributed by atoms with van der Waals surface area (Å²) >= 11 is 0.